The average Bonchev–Trinajstić information content (AvgIpc) is 2.59. The number of hydrogen-bond donors (Lipinski definition) is 4. The Morgan fingerprint density at radius 1 is 1.44 bits per heavy atom. The highest BCUT2D eigenvalue weighted by Crippen LogP contribution is 2.20. The third-order valence-corrected chi connectivity index (χ3v) is 6.28. The van der Waals surface area contributed by atoms with Gasteiger partial charge in [0.25, 0.3) is 0 Å². The lowest BCUT2D eigenvalue weighted by atomic mass is 9.98. The van der Waals surface area contributed by atoms with E-state index in [0.29, 0.717) is 22.7 Å². The molecule has 1 aliphatic rings. The zero-order chi connectivity index (χ0) is 20.8. The summed E-state index contributed by atoms with van der Waals surface area (Å²) in [6.07, 6.45) is 7.17. The third kappa shape index (κ3) is 7.04. The fraction of sp³-hybridized carbons (Fsp3) is 0.421. The molecule has 0 radical (unpaired) electrons. The molecule has 1 amide bonds. The lowest BCUT2D eigenvalue weighted by molar-refractivity contribution is -0.122. The second kappa shape index (κ2) is 9.96. The quantitative estimate of drug-likeness (QED) is 0.364. The molecule has 0 aromatic rings. The summed E-state index contributed by atoms with van der Waals surface area (Å²) >= 11 is 4.35. The first-order chi connectivity index (χ1) is 12.5. The number of carbonyl (C=O) groups excluding carboxylic acids is 1. The van der Waals surface area contributed by atoms with Crippen molar-refractivity contribution in [2.45, 2.75) is 39.4 Å². The van der Waals surface area contributed by atoms with Crippen LogP contribution in [0.5, 0.6) is 0 Å². The molecular formula is C19H29N3O3S2. The van der Waals surface area contributed by atoms with Gasteiger partial charge in [-0.2, -0.15) is 0 Å². The Kier molecular flexibility index (Phi) is 8.59. The molecule has 0 aliphatic heterocycles. The lowest BCUT2D eigenvalue weighted by Gasteiger charge is -2.20. The van der Waals surface area contributed by atoms with Crippen molar-refractivity contribution >= 4 is 28.6 Å². The molecular weight excluding hydrogens is 382 g/mol. The molecule has 0 heterocycles. The maximum atomic E-state index is 12.6. The standard InChI is InChI=1S/C19H29N3O3S2/c1-12(2)10-17(14(5)18(26)11-20)21-19(23)15-6-8-16(9-7-15)22-27(24,25)13(3)4/h6,8-10,13,15,22,26H,1,7,11,20H2,2-5H3,(H,21,23)/b17-10+,18-14+. The highest BCUT2D eigenvalue weighted by atomic mass is 32.2. The van der Waals surface area contributed by atoms with E-state index < -0.39 is 21.2 Å². The van der Waals surface area contributed by atoms with Crippen LogP contribution in [-0.4, -0.2) is 26.1 Å². The Hall–Kier alpha value is -1.77. The van der Waals surface area contributed by atoms with Crippen molar-refractivity contribution in [3.8, 4) is 0 Å². The van der Waals surface area contributed by atoms with E-state index in [4.69, 9.17) is 5.73 Å². The van der Waals surface area contributed by atoms with E-state index in [2.05, 4.69) is 29.2 Å². The molecule has 0 saturated heterocycles. The van der Waals surface area contributed by atoms with Crippen molar-refractivity contribution in [2.24, 2.45) is 11.7 Å². The van der Waals surface area contributed by atoms with E-state index in [1.807, 2.05) is 13.8 Å². The summed E-state index contributed by atoms with van der Waals surface area (Å²) in [5, 5.41) is 2.36. The van der Waals surface area contributed by atoms with Crippen LogP contribution < -0.4 is 15.8 Å². The van der Waals surface area contributed by atoms with Gasteiger partial charge in [0, 0.05) is 22.8 Å². The molecule has 0 bridgehead atoms. The van der Waals surface area contributed by atoms with Crippen LogP contribution in [0.1, 0.15) is 34.1 Å². The van der Waals surface area contributed by atoms with Gasteiger partial charge in [-0.3, -0.25) is 9.52 Å². The number of nitrogens with two attached hydrogens (primary N) is 1. The molecule has 1 unspecified atom stereocenters. The van der Waals surface area contributed by atoms with Crippen LogP contribution >= 0.6 is 12.6 Å². The van der Waals surface area contributed by atoms with Crippen LogP contribution in [0.2, 0.25) is 0 Å². The minimum Gasteiger partial charge on any atom is -0.326 e. The summed E-state index contributed by atoms with van der Waals surface area (Å²) in [4.78, 5) is 13.3. The van der Waals surface area contributed by atoms with Crippen molar-refractivity contribution in [2.75, 3.05) is 6.54 Å². The molecule has 27 heavy (non-hydrogen) atoms. The summed E-state index contributed by atoms with van der Waals surface area (Å²) in [6, 6.07) is 0. The van der Waals surface area contributed by atoms with Crippen LogP contribution in [0.25, 0.3) is 0 Å². The van der Waals surface area contributed by atoms with E-state index in [-0.39, 0.29) is 12.5 Å². The van der Waals surface area contributed by atoms with Gasteiger partial charge in [-0.25, -0.2) is 8.42 Å². The first-order valence-electron chi connectivity index (χ1n) is 8.65. The minimum absolute atomic E-state index is 0.196. The summed E-state index contributed by atoms with van der Waals surface area (Å²) in [5.74, 6) is -0.599. The smallest absolute Gasteiger partial charge is 0.235 e. The van der Waals surface area contributed by atoms with Gasteiger partial charge < -0.3 is 11.1 Å². The molecule has 150 valence electrons. The molecule has 1 rings (SSSR count). The van der Waals surface area contributed by atoms with Gasteiger partial charge in [-0.05, 0) is 51.8 Å². The van der Waals surface area contributed by atoms with Crippen LogP contribution in [0.4, 0.5) is 0 Å². The van der Waals surface area contributed by atoms with Crippen molar-refractivity contribution in [1.29, 1.82) is 0 Å². The summed E-state index contributed by atoms with van der Waals surface area (Å²) in [6.45, 7) is 11.0. The summed E-state index contributed by atoms with van der Waals surface area (Å²) < 4.78 is 26.4. The molecule has 0 saturated carbocycles. The number of rotatable bonds is 8. The summed E-state index contributed by atoms with van der Waals surface area (Å²) in [7, 11) is -3.41. The van der Waals surface area contributed by atoms with Crippen molar-refractivity contribution in [3.63, 3.8) is 0 Å². The number of thiol groups is 1. The molecule has 6 nitrogen and oxygen atoms in total. The highest BCUT2D eigenvalue weighted by Gasteiger charge is 2.22. The van der Waals surface area contributed by atoms with E-state index >= 15 is 0 Å². The van der Waals surface area contributed by atoms with Gasteiger partial charge >= 0.3 is 0 Å². The molecule has 0 spiro atoms. The largest absolute Gasteiger partial charge is 0.326 e. The maximum absolute atomic E-state index is 12.6. The summed E-state index contributed by atoms with van der Waals surface area (Å²) in [5.41, 5.74) is 8.27. The number of nitrogens with one attached hydrogen (secondary N) is 2. The SMILES string of the molecule is C=C(C)/C=C(NC(=O)C1C=CC(NS(=O)(=O)C(C)C)=CC1)\C(C)=C(\S)CN. The fourth-order valence-electron chi connectivity index (χ4n) is 2.19. The Morgan fingerprint density at radius 2 is 2.07 bits per heavy atom. The normalized spacial score (nSPS) is 18.7. The molecule has 8 heteroatoms. The van der Waals surface area contributed by atoms with Gasteiger partial charge in [0.15, 0.2) is 0 Å². The van der Waals surface area contributed by atoms with E-state index in [9.17, 15) is 13.2 Å². The van der Waals surface area contributed by atoms with Crippen molar-refractivity contribution in [1.82, 2.24) is 10.0 Å². The first-order valence-corrected chi connectivity index (χ1v) is 10.6. The topological polar surface area (TPSA) is 101 Å². The first kappa shape index (κ1) is 23.3. The van der Waals surface area contributed by atoms with Gasteiger partial charge in [0.1, 0.15) is 0 Å². The molecule has 0 aromatic carbocycles. The van der Waals surface area contributed by atoms with Crippen LogP contribution in [0.3, 0.4) is 0 Å². The Bertz CT molecular complexity index is 819. The van der Waals surface area contributed by atoms with Gasteiger partial charge in [0.05, 0.1) is 11.2 Å². The number of amides is 1. The highest BCUT2D eigenvalue weighted by molar-refractivity contribution is 7.90. The van der Waals surface area contributed by atoms with Gasteiger partial charge in [-0.15, -0.1) is 12.6 Å². The number of allylic oxidation sites excluding steroid dienone is 5. The van der Waals surface area contributed by atoms with Gasteiger partial charge in [0.2, 0.25) is 15.9 Å². The van der Waals surface area contributed by atoms with Crippen LogP contribution in [0, 0.1) is 5.92 Å². The number of hydrogen-bond acceptors (Lipinski definition) is 5. The third-order valence-electron chi connectivity index (χ3n) is 4.00. The zero-order valence-electron chi connectivity index (χ0n) is 16.2. The molecule has 1 atom stereocenters. The Labute approximate surface area is 167 Å². The van der Waals surface area contributed by atoms with E-state index in [1.54, 1.807) is 38.2 Å². The second-order valence-electron chi connectivity index (χ2n) is 6.73. The minimum atomic E-state index is -3.41. The average molecular weight is 412 g/mol. The Morgan fingerprint density at radius 3 is 2.52 bits per heavy atom. The van der Waals surface area contributed by atoms with Crippen LogP contribution in [-0.2, 0) is 14.8 Å². The molecule has 0 fully saturated rings. The van der Waals surface area contributed by atoms with Crippen molar-refractivity contribution in [3.05, 3.63) is 58.3 Å². The Balaban J connectivity index is 2.87. The predicted molar refractivity (Wildman–Crippen MR) is 114 cm³/mol. The predicted octanol–water partition coefficient (Wildman–Crippen LogP) is 2.51. The maximum Gasteiger partial charge on any atom is 0.235 e. The second-order valence-corrected chi connectivity index (χ2v) is 9.50. The zero-order valence-corrected chi connectivity index (χ0v) is 18.0. The lowest BCUT2D eigenvalue weighted by Crippen LogP contribution is -2.33. The van der Waals surface area contributed by atoms with Gasteiger partial charge in [-0.1, -0.05) is 24.3 Å². The molecule has 0 aromatic heterocycles. The number of sulfonamides is 1. The van der Waals surface area contributed by atoms with Crippen molar-refractivity contribution < 1.29 is 13.2 Å². The monoisotopic (exact) mass is 411 g/mol. The number of carbonyl (C=O) groups is 1. The van der Waals surface area contributed by atoms with Crippen LogP contribution in [0.15, 0.2) is 58.3 Å². The van der Waals surface area contributed by atoms with E-state index in [1.165, 1.54) is 0 Å². The fourth-order valence-corrected chi connectivity index (χ4v) is 3.03. The molecule has 1 aliphatic carbocycles. The molecule has 4 N–H and O–H groups in total. The van der Waals surface area contributed by atoms with E-state index in [0.717, 1.165) is 11.1 Å².